The molecule has 0 aliphatic rings. The van der Waals surface area contributed by atoms with Crippen molar-refractivity contribution >= 4 is 10.9 Å². The van der Waals surface area contributed by atoms with Crippen molar-refractivity contribution in [2.24, 2.45) is 0 Å². The maximum absolute atomic E-state index is 13.2. The van der Waals surface area contributed by atoms with Crippen LogP contribution in [0.3, 0.4) is 0 Å². The summed E-state index contributed by atoms with van der Waals surface area (Å²) in [6.45, 7) is 9.44. The number of aromatic amines is 1. The monoisotopic (exact) mass is 248 g/mol. The first kappa shape index (κ1) is 13.1. The predicted molar refractivity (Wildman–Crippen MR) is 74.5 cm³/mol. The number of fused-ring (bicyclic) bond motifs is 1. The molecule has 3 heteroatoms. The van der Waals surface area contributed by atoms with Crippen LogP contribution in [0.25, 0.3) is 10.9 Å². The molecule has 0 saturated heterocycles. The van der Waals surface area contributed by atoms with Gasteiger partial charge in [0.2, 0.25) is 0 Å². The zero-order valence-corrected chi connectivity index (χ0v) is 11.5. The van der Waals surface area contributed by atoms with Gasteiger partial charge in [0.15, 0.2) is 0 Å². The first-order valence-electron chi connectivity index (χ1n) is 6.38. The number of benzene rings is 1. The minimum atomic E-state index is -0.192. The molecule has 0 aliphatic heterocycles. The predicted octanol–water partition coefficient (Wildman–Crippen LogP) is 3.55. The maximum Gasteiger partial charge on any atom is 0.125 e. The van der Waals surface area contributed by atoms with Gasteiger partial charge in [-0.3, -0.25) is 0 Å². The van der Waals surface area contributed by atoms with E-state index in [1.165, 1.54) is 11.6 Å². The largest absolute Gasteiger partial charge is 0.358 e. The molecule has 0 unspecified atom stereocenters. The highest BCUT2D eigenvalue weighted by Gasteiger charge is 2.11. The van der Waals surface area contributed by atoms with Gasteiger partial charge < -0.3 is 10.3 Å². The van der Waals surface area contributed by atoms with Gasteiger partial charge in [0.25, 0.3) is 0 Å². The molecule has 0 saturated carbocycles. The Hall–Kier alpha value is -1.35. The van der Waals surface area contributed by atoms with E-state index in [4.69, 9.17) is 0 Å². The van der Waals surface area contributed by atoms with E-state index in [0.29, 0.717) is 0 Å². The van der Waals surface area contributed by atoms with Gasteiger partial charge in [-0.1, -0.05) is 0 Å². The normalized spacial score (nSPS) is 12.3. The highest BCUT2D eigenvalue weighted by atomic mass is 19.1. The molecule has 0 atom stereocenters. The molecule has 2 aromatic rings. The summed E-state index contributed by atoms with van der Waals surface area (Å²) in [5, 5.41) is 4.60. The third kappa shape index (κ3) is 2.91. The number of halogens is 1. The lowest BCUT2D eigenvalue weighted by molar-refractivity contribution is 0.429. The average Bonchev–Trinajstić information content (AvgIpc) is 2.52. The zero-order valence-electron chi connectivity index (χ0n) is 11.5. The van der Waals surface area contributed by atoms with Crippen molar-refractivity contribution in [3.8, 4) is 0 Å². The Kier molecular flexibility index (Phi) is 3.44. The fraction of sp³-hybridized carbons (Fsp3) is 0.467. The van der Waals surface area contributed by atoms with Gasteiger partial charge in [0.05, 0.1) is 0 Å². The summed E-state index contributed by atoms with van der Waals surface area (Å²) in [7, 11) is 0. The number of nitrogens with one attached hydrogen (secondary N) is 2. The van der Waals surface area contributed by atoms with Crippen LogP contribution in [-0.4, -0.2) is 17.1 Å². The molecule has 18 heavy (non-hydrogen) atoms. The summed E-state index contributed by atoms with van der Waals surface area (Å²) in [6.07, 6.45) is 0.953. The van der Waals surface area contributed by atoms with E-state index in [-0.39, 0.29) is 11.4 Å². The minimum Gasteiger partial charge on any atom is -0.358 e. The van der Waals surface area contributed by atoms with Crippen LogP contribution in [0.15, 0.2) is 18.2 Å². The van der Waals surface area contributed by atoms with Crippen LogP contribution in [0.5, 0.6) is 0 Å². The average molecular weight is 248 g/mol. The van der Waals surface area contributed by atoms with Crippen molar-refractivity contribution in [1.29, 1.82) is 0 Å². The topological polar surface area (TPSA) is 27.8 Å². The Morgan fingerprint density at radius 2 is 2.00 bits per heavy atom. The second-order valence-corrected chi connectivity index (χ2v) is 5.85. The molecule has 0 radical (unpaired) electrons. The summed E-state index contributed by atoms with van der Waals surface area (Å²) in [5.41, 5.74) is 3.43. The van der Waals surface area contributed by atoms with Gasteiger partial charge in [-0.15, -0.1) is 0 Å². The van der Waals surface area contributed by atoms with Crippen LogP contribution in [0.4, 0.5) is 4.39 Å². The molecule has 0 amide bonds. The molecule has 98 valence electrons. The molecule has 1 aromatic carbocycles. The van der Waals surface area contributed by atoms with Crippen LogP contribution in [0.2, 0.25) is 0 Å². The summed E-state index contributed by atoms with van der Waals surface area (Å²) in [4.78, 5) is 3.25. The molecule has 2 rings (SSSR count). The molecular formula is C15H21FN2. The van der Waals surface area contributed by atoms with Crippen LogP contribution < -0.4 is 5.32 Å². The molecule has 0 bridgehead atoms. The summed E-state index contributed by atoms with van der Waals surface area (Å²) < 4.78 is 13.2. The van der Waals surface area contributed by atoms with E-state index in [1.54, 1.807) is 6.07 Å². The van der Waals surface area contributed by atoms with Gasteiger partial charge in [0.1, 0.15) is 5.82 Å². The second-order valence-electron chi connectivity index (χ2n) is 5.85. The van der Waals surface area contributed by atoms with Crippen LogP contribution in [0, 0.1) is 12.7 Å². The molecule has 0 spiro atoms. The zero-order chi connectivity index (χ0) is 13.3. The molecule has 0 aliphatic carbocycles. The van der Waals surface area contributed by atoms with Crippen molar-refractivity contribution in [3.05, 3.63) is 35.3 Å². The lowest BCUT2D eigenvalue weighted by atomic mass is 10.1. The Balaban J connectivity index is 2.20. The third-order valence-electron chi connectivity index (χ3n) is 3.11. The van der Waals surface area contributed by atoms with Crippen LogP contribution in [-0.2, 0) is 6.42 Å². The lowest BCUT2D eigenvalue weighted by Crippen LogP contribution is -2.37. The highest BCUT2D eigenvalue weighted by molar-refractivity contribution is 5.84. The first-order valence-corrected chi connectivity index (χ1v) is 6.38. The van der Waals surface area contributed by atoms with Gasteiger partial charge in [-0.25, -0.2) is 4.39 Å². The van der Waals surface area contributed by atoms with E-state index in [2.05, 4.69) is 31.1 Å². The lowest BCUT2D eigenvalue weighted by Gasteiger charge is -2.20. The Morgan fingerprint density at radius 1 is 1.28 bits per heavy atom. The van der Waals surface area contributed by atoms with E-state index < -0.39 is 0 Å². The van der Waals surface area contributed by atoms with E-state index >= 15 is 0 Å². The molecule has 1 heterocycles. The van der Waals surface area contributed by atoms with Crippen LogP contribution in [0.1, 0.15) is 32.0 Å². The summed E-state index contributed by atoms with van der Waals surface area (Å²) in [6, 6.07) is 4.94. The van der Waals surface area contributed by atoms with Crippen molar-refractivity contribution in [2.45, 2.75) is 39.7 Å². The molecule has 0 fully saturated rings. The number of rotatable bonds is 3. The van der Waals surface area contributed by atoms with Crippen molar-refractivity contribution in [3.63, 3.8) is 0 Å². The van der Waals surface area contributed by atoms with Gasteiger partial charge >= 0.3 is 0 Å². The summed E-state index contributed by atoms with van der Waals surface area (Å²) >= 11 is 0. The number of aryl methyl sites for hydroxylation is 1. The maximum atomic E-state index is 13.2. The number of H-pyrrole nitrogens is 1. The first-order chi connectivity index (χ1) is 8.37. The van der Waals surface area contributed by atoms with E-state index in [1.807, 2.05) is 13.0 Å². The number of aromatic nitrogens is 1. The molecule has 1 aromatic heterocycles. The fourth-order valence-corrected chi connectivity index (χ4v) is 2.25. The SMILES string of the molecule is Cc1[nH]c2cc(F)ccc2c1CCNC(C)(C)C. The Morgan fingerprint density at radius 3 is 2.67 bits per heavy atom. The van der Waals surface area contributed by atoms with Crippen molar-refractivity contribution in [1.82, 2.24) is 10.3 Å². The molecule has 2 N–H and O–H groups in total. The standard InChI is InChI=1S/C15H21FN2/c1-10-12(7-8-17-15(2,3)4)13-6-5-11(16)9-14(13)18-10/h5-6,9,17-18H,7-8H2,1-4H3. The molecule has 2 nitrogen and oxygen atoms in total. The smallest absolute Gasteiger partial charge is 0.125 e. The second kappa shape index (κ2) is 4.73. The highest BCUT2D eigenvalue weighted by Crippen LogP contribution is 2.23. The van der Waals surface area contributed by atoms with Crippen molar-refractivity contribution < 1.29 is 4.39 Å². The van der Waals surface area contributed by atoms with Gasteiger partial charge in [0, 0.05) is 22.1 Å². The van der Waals surface area contributed by atoms with E-state index in [0.717, 1.165) is 29.6 Å². The quantitative estimate of drug-likeness (QED) is 0.854. The number of hydrogen-bond donors (Lipinski definition) is 2. The van der Waals surface area contributed by atoms with Gasteiger partial charge in [-0.05, 0) is 64.4 Å². The summed E-state index contributed by atoms with van der Waals surface area (Å²) in [5.74, 6) is -0.192. The van der Waals surface area contributed by atoms with Crippen LogP contribution >= 0.6 is 0 Å². The van der Waals surface area contributed by atoms with E-state index in [9.17, 15) is 4.39 Å². The minimum absolute atomic E-state index is 0.131. The third-order valence-corrected chi connectivity index (χ3v) is 3.11. The number of hydrogen-bond acceptors (Lipinski definition) is 1. The Bertz CT molecular complexity index is 549. The fourth-order valence-electron chi connectivity index (χ4n) is 2.25. The van der Waals surface area contributed by atoms with Gasteiger partial charge in [-0.2, -0.15) is 0 Å². The Labute approximate surface area is 108 Å². The van der Waals surface area contributed by atoms with Crippen molar-refractivity contribution in [2.75, 3.05) is 6.54 Å². The molecular weight excluding hydrogens is 227 g/mol.